The summed E-state index contributed by atoms with van der Waals surface area (Å²) in [5, 5.41) is 17.0. The van der Waals surface area contributed by atoms with Gasteiger partial charge in [0.05, 0.1) is 0 Å². The van der Waals surface area contributed by atoms with Crippen LogP contribution in [0.4, 0.5) is 0 Å². The third kappa shape index (κ3) is 4.66. The molecule has 1 aliphatic heterocycles. The van der Waals surface area contributed by atoms with Crippen LogP contribution in [0.2, 0.25) is 0 Å². The molecule has 0 saturated carbocycles. The van der Waals surface area contributed by atoms with Gasteiger partial charge in [0, 0.05) is 56.6 Å². The molecule has 3 heterocycles. The molecule has 1 aliphatic rings. The summed E-state index contributed by atoms with van der Waals surface area (Å²) >= 11 is 0. The highest BCUT2D eigenvalue weighted by atomic mass is 15.3. The van der Waals surface area contributed by atoms with E-state index in [1.54, 1.807) is 0 Å². The predicted molar refractivity (Wildman–Crippen MR) is 122 cm³/mol. The quantitative estimate of drug-likeness (QED) is 0.319. The van der Waals surface area contributed by atoms with Crippen LogP contribution in [0.25, 0.3) is 10.9 Å². The molecule has 160 valence electrons. The normalized spacial score (nSPS) is 14.5. The van der Waals surface area contributed by atoms with Crippen LogP contribution in [0.5, 0.6) is 0 Å². The Hall–Kier alpha value is -2.83. The number of rotatable bonds is 7. The Morgan fingerprint density at radius 2 is 2.03 bits per heavy atom. The number of guanidine groups is 1. The summed E-state index contributed by atoms with van der Waals surface area (Å²) in [5.41, 5.74) is 3.86. The molecular formula is C23H33N7. The molecule has 7 nitrogen and oxygen atoms in total. The SMILES string of the molecule is CN=C(NCCCc1nnc2n1CCCCC2)NCCc1c[nH]c2c(C)cccc12. The summed E-state index contributed by atoms with van der Waals surface area (Å²) in [6.07, 6.45) is 9.88. The van der Waals surface area contributed by atoms with Gasteiger partial charge in [-0.15, -0.1) is 10.2 Å². The summed E-state index contributed by atoms with van der Waals surface area (Å²) in [7, 11) is 1.82. The number of fused-ring (bicyclic) bond motifs is 2. The first-order valence-electron chi connectivity index (χ1n) is 11.2. The van der Waals surface area contributed by atoms with Crippen molar-refractivity contribution in [1.29, 1.82) is 0 Å². The van der Waals surface area contributed by atoms with Crippen molar-refractivity contribution in [2.24, 2.45) is 4.99 Å². The topological polar surface area (TPSA) is 82.9 Å². The van der Waals surface area contributed by atoms with Crippen LogP contribution in [0.1, 0.15) is 48.5 Å². The van der Waals surface area contributed by atoms with E-state index in [0.717, 1.165) is 57.1 Å². The van der Waals surface area contributed by atoms with Crippen molar-refractivity contribution in [2.75, 3.05) is 20.1 Å². The summed E-state index contributed by atoms with van der Waals surface area (Å²) in [6.45, 7) is 4.93. The maximum atomic E-state index is 4.42. The van der Waals surface area contributed by atoms with Crippen molar-refractivity contribution in [1.82, 2.24) is 30.4 Å². The van der Waals surface area contributed by atoms with E-state index >= 15 is 0 Å². The Labute approximate surface area is 178 Å². The zero-order chi connectivity index (χ0) is 20.8. The number of aryl methyl sites for hydroxylation is 3. The van der Waals surface area contributed by atoms with Gasteiger partial charge in [-0.05, 0) is 43.7 Å². The van der Waals surface area contributed by atoms with E-state index in [1.165, 1.54) is 47.1 Å². The van der Waals surface area contributed by atoms with Crippen molar-refractivity contribution < 1.29 is 0 Å². The molecule has 0 bridgehead atoms. The Bertz CT molecular complexity index is 998. The van der Waals surface area contributed by atoms with Crippen LogP contribution in [0.15, 0.2) is 29.4 Å². The third-order valence-electron chi connectivity index (χ3n) is 5.98. The highest BCUT2D eigenvalue weighted by Crippen LogP contribution is 2.21. The lowest BCUT2D eigenvalue weighted by atomic mass is 10.1. The van der Waals surface area contributed by atoms with Crippen LogP contribution in [0.3, 0.4) is 0 Å². The molecule has 1 aromatic carbocycles. The first kappa shape index (κ1) is 20.4. The van der Waals surface area contributed by atoms with Gasteiger partial charge in [-0.25, -0.2) is 0 Å². The fraction of sp³-hybridized carbons (Fsp3) is 0.522. The van der Waals surface area contributed by atoms with Gasteiger partial charge >= 0.3 is 0 Å². The molecule has 0 atom stereocenters. The molecule has 0 amide bonds. The maximum Gasteiger partial charge on any atom is 0.190 e. The largest absolute Gasteiger partial charge is 0.361 e. The van der Waals surface area contributed by atoms with Crippen LogP contribution in [0, 0.1) is 6.92 Å². The summed E-state index contributed by atoms with van der Waals surface area (Å²) in [6, 6.07) is 6.45. The van der Waals surface area contributed by atoms with E-state index in [9.17, 15) is 0 Å². The number of nitrogens with zero attached hydrogens (tertiary/aromatic N) is 4. The van der Waals surface area contributed by atoms with Gasteiger partial charge in [0.25, 0.3) is 0 Å². The van der Waals surface area contributed by atoms with Gasteiger partial charge in [-0.2, -0.15) is 0 Å². The molecule has 0 spiro atoms. The number of aromatic nitrogens is 4. The molecule has 3 aromatic rings. The molecule has 0 saturated heterocycles. The Morgan fingerprint density at radius 3 is 2.93 bits per heavy atom. The van der Waals surface area contributed by atoms with E-state index in [0.29, 0.717) is 0 Å². The van der Waals surface area contributed by atoms with E-state index < -0.39 is 0 Å². The summed E-state index contributed by atoms with van der Waals surface area (Å²) < 4.78 is 2.34. The number of aromatic amines is 1. The van der Waals surface area contributed by atoms with Gasteiger partial charge < -0.3 is 20.2 Å². The smallest absolute Gasteiger partial charge is 0.190 e. The van der Waals surface area contributed by atoms with Crippen molar-refractivity contribution in [3.8, 4) is 0 Å². The third-order valence-corrected chi connectivity index (χ3v) is 5.98. The minimum atomic E-state index is 0.845. The fourth-order valence-electron chi connectivity index (χ4n) is 4.29. The highest BCUT2D eigenvalue weighted by Gasteiger charge is 2.14. The second-order valence-corrected chi connectivity index (χ2v) is 8.09. The van der Waals surface area contributed by atoms with Crippen LogP contribution < -0.4 is 10.6 Å². The van der Waals surface area contributed by atoms with Gasteiger partial charge in [0.1, 0.15) is 11.6 Å². The molecule has 0 aliphatic carbocycles. The zero-order valence-corrected chi connectivity index (χ0v) is 18.2. The minimum Gasteiger partial charge on any atom is -0.361 e. The molecule has 2 aromatic heterocycles. The maximum absolute atomic E-state index is 4.42. The first-order valence-corrected chi connectivity index (χ1v) is 11.2. The Kier molecular flexibility index (Phi) is 6.67. The van der Waals surface area contributed by atoms with Crippen LogP contribution in [-0.2, 0) is 25.8 Å². The molecule has 4 rings (SSSR count). The summed E-state index contributed by atoms with van der Waals surface area (Å²) in [5.74, 6) is 3.15. The van der Waals surface area contributed by atoms with Crippen molar-refractivity contribution in [3.63, 3.8) is 0 Å². The lowest BCUT2D eigenvalue weighted by Gasteiger charge is -2.12. The van der Waals surface area contributed by atoms with Crippen LogP contribution >= 0.6 is 0 Å². The highest BCUT2D eigenvalue weighted by molar-refractivity contribution is 5.86. The monoisotopic (exact) mass is 407 g/mol. The fourth-order valence-corrected chi connectivity index (χ4v) is 4.29. The average molecular weight is 408 g/mol. The molecular weight excluding hydrogens is 374 g/mol. The van der Waals surface area contributed by atoms with Crippen molar-refractivity contribution in [2.45, 2.75) is 58.4 Å². The van der Waals surface area contributed by atoms with Gasteiger partial charge in [0.15, 0.2) is 5.96 Å². The lowest BCUT2D eigenvalue weighted by molar-refractivity contribution is 0.594. The number of hydrogen-bond acceptors (Lipinski definition) is 3. The number of benzene rings is 1. The van der Waals surface area contributed by atoms with Crippen LogP contribution in [-0.4, -0.2) is 45.8 Å². The number of aliphatic imine (C=N–C) groups is 1. The molecule has 0 unspecified atom stereocenters. The van der Waals surface area contributed by atoms with Gasteiger partial charge in [-0.1, -0.05) is 24.6 Å². The van der Waals surface area contributed by atoms with Crippen molar-refractivity contribution in [3.05, 3.63) is 47.2 Å². The lowest BCUT2D eigenvalue weighted by Crippen LogP contribution is -2.38. The average Bonchev–Trinajstić information content (AvgIpc) is 3.27. The molecule has 3 N–H and O–H groups in total. The van der Waals surface area contributed by atoms with E-state index in [4.69, 9.17) is 0 Å². The Balaban J connectivity index is 1.21. The minimum absolute atomic E-state index is 0.845. The number of nitrogens with one attached hydrogen (secondary N) is 3. The zero-order valence-electron chi connectivity index (χ0n) is 18.2. The number of H-pyrrole nitrogens is 1. The van der Waals surface area contributed by atoms with E-state index in [-0.39, 0.29) is 0 Å². The van der Waals surface area contributed by atoms with Crippen molar-refractivity contribution >= 4 is 16.9 Å². The van der Waals surface area contributed by atoms with E-state index in [1.807, 2.05) is 7.05 Å². The molecule has 0 fully saturated rings. The first-order chi connectivity index (χ1) is 14.8. The van der Waals surface area contributed by atoms with E-state index in [2.05, 4.69) is 66.7 Å². The second kappa shape index (κ2) is 9.78. The second-order valence-electron chi connectivity index (χ2n) is 8.09. The van der Waals surface area contributed by atoms with Gasteiger partial charge in [-0.3, -0.25) is 4.99 Å². The molecule has 0 radical (unpaired) electrons. The molecule has 30 heavy (non-hydrogen) atoms. The summed E-state index contributed by atoms with van der Waals surface area (Å²) in [4.78, 5) is 7.76. The standard InChI is InChI=1S/C23H33N7/c1-17-8-6-9-19-18(16-27-22(17)19)12-14-26-23(24-2)25-13-7-11-21-29-28-20-10-4-3-5-15-30(20)21/h6,8-9,16,27H,3-5,7,10-15H2,1-2H3,(H2,24,25,26). The molecule has 7 heteroatoms. The number of hydrogen-bond donors (Lipinski definition) is 3. The van der Waals surface area contributed by atoms with Gasteiger partial charge in [0.2, 0.25) is 0 Å². The number of para-hydroxylation sites is 1. The Morgan fingerprint density at radius 1 is 1.13 bits per heavy atom. The predicted octanol–water partition coefficient (Wildman–Crippen LogP) is 3.13.